The highest BCUT2D eigenvalue weighted by Gasteiger charge is 2.11. The molecule has 0 saturated carbocycles. The quantitative estimate of drug-likeness (QED) is 0.817. The number of carbonyl (C=O) groups excluding carboxylic acids is 1. The third-order valence-corrected chi connectivity index (χ3v) is 2.92. The second-order valence-electron chi connectivity index (χ2n) is 4.44. The van der Waals surface area contributed by atoms with Gasteiger partial charge in [-0.3, -0.25) is 14.2 Å². The summed E-state index contributed by atoms with van der Waals surface area (Å²) in [7, 11) is 1.49. The summed E-state index contributed by atoms with van der Waals surface area (Å²) in [5, 5.41) is 0. The topological polar surface area (TPSA) is 61.1 Å². The maximum atomic E-state index is 13.4. The average Bonchev–Trinajstić information content (AvgIpc) is 2.42. The first kappa shape index (κ1) is 13.9. The fourth-order valence-corrected chi connectivity index (χ4v) is 1.85. The zero-order valence-corrected chi connectivity index (χ0v) is 10.9. The number of halogens is 1. The van der Waals surface area contributed by atoms with Crippen molar-refractivity contribution in [2.75, 3.05) is 0 Å². The third-order valence-electron chi connectivity index (χ3n) is 2.92. The molecule has 20 heavy (non-hydrogen) atoms. The van der Waals surface area contributed by atoms with Gasteiger partial charge in [-0.05, 0) is 11.6 Å². The maximum absolute atomic E-state index is 13.4. The van der Waals surface area contributed by atoms with E-state index < -0.39 is 22.8 Å². The maximum Gasteiger partial charge on any atom is 0.331 e. The highest BCUT2D eigenvalue weighted by Crippen LogP contribution is 2.07. The van der Waals surface area contributed by atoms with Crippen LogP contribution in [0.25, 0.3) is 0 Å². The minimum Gasteiger partial charge on any atom is -0.303 e. The molecule has 0 bridgehead atoms. The van der Waals surface area contributed by atoms with Crippen molar-refractivity contribution in [2.45, 2.75) is 13.0 Å². The van der Waals surface area contributed by atoms with Gasteiger partial charge in [0.15, 0.2) is 5.78 Å². The predicted octanol–water partition coefficient (Wildman–Crippen LogP) is 0.498. The number of benzene rings is 1. The number of nitrogens with zero attached hydrogens (tertiary/aromatic N) is 2. The Morgan fingerprint density at radius 1 is 1.20 bits per heavy atom. The number of hydrogen-bond donors (Lipinski definition) is 0. The van der Waals surface area contributed by atoms with Crippen molar-refractivity contribution < 1.29 is 9.18 Å². The first-order chi connectivity index (χ1) is 9.49. The molecule has 6 heteroatoms. The van der Waals surface area contributed by atoms with E-state index in [-0.39, 0.29) is 18.5 Å². The molecule has 0 saturated heterocycles. The Hall–Kier alpha value is -2.50. The molecular formula is C14H13FN2O3. The average molecular weight is 276 g/mol. The molecule has 0 aliphatic carbocycles. The summed E-state index contributed by atoms with van der Waals surface area (Å²) in [6.45, 7) is -0.360. The van der Waals surface area contributed by atoms with Crippen LogP contribution in [0.15, 0.2) is 46.1 Å². The van der Waals surface area contributed by atoms with Gasteiger partial charge < -0.3 is 4.57 Å². The van der Waals surface area contributed by atoms with Crippen molar-refractivity contribution in [1.82, 2.24) is 9.13 Å². The number of ketones is 1. The van der Waals surface area contributed by atoms with Crippen molar-refractivity contribution in [3.05, 3.63) is 68.7 Å². The van der Waals surface area contributed by atoms with Gasteiger partial charge in [0.25, 0.3) is 5.56 Å². The molecule has 0 atom stereocenters. The van der Waals surface area contributed by atoms with E-state index in [0.717, 1.165) is 4.57 Å². The van der Waals surface area contributed by atoms with Gasteiger partial charge in [0, 0.05) is 25.7 Å². The molecule has 2 rings (SSSR count). The molecule has 5 nitrogen and oxygen atoms in total. The summed E-state index contributed by atoms with van der Waals surface area (Å²) in [5.74, 6) is -0.880. The minimum absolute atomic E-state index is 0.156. The molecule has 0 fully saturated rings. The van der Waals surface area contributed by atoms with Crippen molar-refractivity contribution in [2.24, 2.45) is 7.05 Å². The van der Waals surface area contributed by atoms with E-state index in [4.69, 9.17) is 0 Å². The summed E-state index contributed by atoms with van der Waals surface area (Å²) >= 11 is 0. The van der Waals surface area contributed by atoms with E-state index in [1.165, 1.54) is 42.1 Å². The lowest BCUT2D eigenvalue weighted by Crippen LogP contribution is -2.40. The Bertz CT molecular complexity index is 761. The van der Waals surface area contributed by atoms with Crippen molar-refractivity contribution in [3.63, 3.8) is 0 Å². The molecule has 0 aliphatic rings. The number of aryl methyl sites for hydroxylation is 1. The van der Waals surface area contributed by atoms with Crippen molar-refractivity contribution in [3.8, 4) is 0 Å². The summed E-state index contributed by atoms with van der Waals surface area (Å²) in [6.07, 6.45) is 1.18. The summed E-state index contributed by atoms with van der Waals surface area (Å²) in [4.78, 5) is 35.2. The van der Waals surface area contributed by atoms with Crippen LogP contribution in [-0.4, -0.2) is 14.9 Å². The normalized spacial score (nSPS) is 10.5. The largest absolute Gasteiger partial charge is 0.331 e. The van der Waals surface area contributed by atoms with Crippen LogP contribution in [0, 0.1) is 5.82 Å². The van der Waals surface area contributed by atoms with E-state index in [0.29, 0.717) is 0 Å². The predicted molar refractivity (Wildman–Crippen MR) is 71.1 cm³/mol. The van der Waals surface area contributed by atoms with E-state index in [9.17, 15) is 18.8 Å². The number of Topliss-reactive ketones (excluding diaryl/α,β-unsaturated/α-hetero) is 1. The van der Waals surface area contributed by atoms with Gasteiger partial charge in [0.1, 0.15) is 5.82 Å². The molecule has 0 spiro atoms. The summed E-state index contributed by atoms with van der Waals surface area (Å²) in [6, 6.07) is 7.12. The second kappa shape index (κ2) is 5.64. The zero-order chi connectivity index (χ0) is 14.7. The molecular weight excluding hydrogens is 263 g/mol. The molecule has 1 aromatic heterocycles. The van der Waals surface area contributed by atoms with Gasteiger partial charge in [0.2, 0.25) is 0 Å². The SMILES string of the molecule is Cn1ccc(=O)n(CC(=O)Cc2ccccc2F)c1=O. The molecule has 0 radical (unpaired) electrons. The van der Waals surface area contributed by atoms with Crippen LogP contribution in [0.4, 0.5) is 4.39 Å². The van der Waals surface area contributed by atoms with Gasteiger partial charge in [-0.25, -0.2) is 9.18 Å². The van der Waals surface area contributed by atoms with Crippen LogP contribution in [0.5, 0.6) is 0 Å². The van der Waals surface area contributed by atoms with Crippen LogP contribution in [-0.2, 0) is 24.8 Å². The Labute approximate surface area is 113 Å². The number of aromatic nitrogens is 2. The first-order valence-corrected chi connectivity index (χ1v) is 6.00. The third kappa shape index (κ3) is 2.90. The van der Waals surface area contributed by atoms with Gasteiger partial charge >= 0.3 is 5.69 Å². The first-order valence-electron chi connectivity index (χ1n) is 6.00. The van der Waals surface area contributed by atoms with Crippen molar-refractivity contribution in [1.29, 1.82) is 0 Å². The van der Waals surface area contributed by atoms with Gasteiger partial charge in [-0.1, -0.05) is 18.2 Å². The summed E-state index contributed by atoms with van der Waals surface area (Å²) < 4.78 is 15.5. The van der Waals surface area contributed by atoms with E-state index >= 15 is 0 Å². The number of carbonyl (C=O) groups is 1. The lowest BCUT2D eigenvalue weighted by Gasteiger charge is -2.06. The number of rotatable bonds is 4. The van der Waals surface area contributed by atoms with Crippen LogP contribution in [0.3, 0.4) is 0 Å². The molecule has 104 valence electrons. The fourth-order valence-electron chi connectivity index (χ4n) is 1.85. The Balaban J connectivity index is 2.22. The smallest absolute Gasteiger partial charge is 0.303 e. The fraction of sp³-hybridized carbons (Fsp3) is 0.214. The van der Waals surface area contributed by atoms with Crippen molar-refractivity contribution >= 4 is 5.78 Å². The van der Waals surface area contributed by atoms with E-state index in [1.807, 2.05) is 0 Å². The highest BCUT2D eigenvalue weighted by molar-refractivity contribution is 5.80. The van der Waals surface area contributed by atoms with Crippen LogP contribution >= 0.6 is 0 Å². The molecule has 0 amide bonds. The van der Waals surface area contributed by atoms with Crippen LogP contribution < -0.4 is 11.2 Å². The lowest BCUT2D eigenvalue weighted by molar-refractivity contribution is -0.119. The van der Waals surface area contributed by atoms with Gasteiger partial charge in [0.05, 0.1) is 6.54 Å². The van der Waals surface area contributed by atoms with E-state index in [1.54, 1.807) is 6.07 Å². The molecule has 0 N–H and O–H groups in total. The Kier molecular flexibility index (Phi) is 3.93. The Morgan fingerprint density at radius 2 is 1.90 bits per heavy atom. The Morgan fingerprint density at radius 3 is 2.60 bits per heavy atom. The lowest BCUT2D eigenvalue weighted by atomic mass is 10.1. The number of hydrogen-bond acceptors (Lipinski definition) is 3. The zero-order valence-electron chi connectivity index (χ0n) is 10.9. The standard InChI is InChI=1S/C14H13FN2O3/c1-16-7-6-13(19)17(14(16)20)9-11(18)8-10-4-2-3-5-12(10)15/h2-7H,8-9H2,1H3. The monoisotopic (exact) mass is 276 g/mol. The molecule has 0 unspecified atom stereocenters. The second-order valence-corrected chi connectivity index (χ2v) is 4.44. The molecule has 2 aromatic rings. The molecule has 1 heterocycles. The van der Waals surface area contributed by atoms with Gasteiger partial charge in [-0.2, -0.15) is 0 Å². The minimum atomic E-state index is -0.570. The van der Waals surface area contributed by atoms with Gasteiger partial charge in [-0.15, -0.1) is 0 Å². The summed E-state index contributed by atoms with van der Waals surface area (Å²) in [5.41, 5.74) is -0.868. The highest BCUT2D eigenvalue weighted by atomic mass is 19.1. The van der Waals surface area contributed by atoms with E-state index in [2.05, 4.69) is 0 Å². The van der Waals surface area contributed by atoms with Crippen LogP contribution in [0.1, 0.15) is 5.56 Å². The molecule has 0 aliphatic heterocycles. The van der Waals surface area contributed by atoms with Crippen LogP contribution in [0.2, 0.25) is 0 Å². The molecule has 1 aromatic carbocycles.